The second-order valence-corrected chi connectivity index (χ2v) is 3.34. The van der Waals surface area contributed by atoms with Gasteiger partial charge in [0.2, 0.25) is 0 Å². The van der Waals surface area contributed by atoms with E-state index in [9.17, 15) is 0 Å². The third-order valence-electron chi connectivity index (χ3n) is 2.08. The van der Waals surface area contributed by atoms with Crippen molar-refractivity contribution in [3.8, 4) is 0 Å². The summed E-state index contributed by atoms with van der Waals surface area (Å²) in [6.07, 6.45) is 0.745. The van der Waals surface area contributed by atoms with Crippen molar-refractivity contribution < 1.29 is 5.11 Å². The van der Waals surface area contributed by atoms with E-state index in [2.05, 4.69) is 10.6 Å². The van der Waals surface area contributed by atoms with Crippen molar-refractivity contribution in [3.05, 3.63) is 18.2 Å². The summed E-state index contributed by atoms with van der Waals surface area (Å²) in [6, 6.07) is 5.83. The van der Waals surface area contributed by atoms with Crippen LogP contribution in [0.2, 0.25) is 0 Å². The molecule has 0 spiro atoms. The van der Waals surface area contributed by atoms with Crippen LogP contribution in [-0.4, -0.2) is 24.8 Å². The number of hydrogen-bond acceptors (Lipinski definition) is 4. The number of aliphatic hydroxyl groups is 1. The number of nitrogens with two attached hydrogens (primary N) is 1. The largest absolute Gasteiger partial charge is 0.397 e. The molecule has 5 N–H and O–H groups in total. The fraction of sp³-hybridized carbons (Fsp3) is 0.455. The van der Waals surface area contributed by atoms with Gasteiger partial charge in [-0.25, -0.2) is 0 Å². The van der Waals surface area contributed by atoms with Crippen molar-refractivity contribution in [2.24, 2.45) is 0 Å². The van der Waals surface area contributed by atoms with Crippen LogP contribution < -0.4 is 16.4 Å². The molecule has 15 heavy (non-hydrogen) atoms. The van der Waals surface area contributed by atoms with Gasteiger partial charge in [-0.1, -0.05) is 0 Å². The molecule has 1 rings (SSSR count). The lowest BCUT2D eigenvalue weighted by atomic mass is 10.2. The molecule has 0 aliphatic carbocycles. The topological polar surface area (TPSA) is 70.3 Å². The number of hydrogen-bond donors (Lipinski definition) is 4. The highest BCUT2D eigenvalue weighted by molar-refractivity contribution is 5.71. The summed E-state index contributed by atoms with van der Waals surface area (Å²) in [5.41, 5.74) is 8.55. The van der Waals surface area contributed by atoms with Crippen LogP contribution in [-0.2, 0) is 0 Å². The number of nitrogens with one attached hydrogen (secondary N) is 2. The first-order valence-electron chi connectivity index (χ1n) is 5.26. The average molecular weight is 209 g/mol. The minimum atomic E-state index is 0.206. The number of aliphatic hydroxyl groups excluding tert-OH is 1. The quantitative estimate of drug-likeness (QED) is 0.423. The summed E-state index contributed by atoms with van der Waals surface area (Å²) < 4.78 is 0. The fourth-order valence-corrected chi connectivity index (χ4v) is 1.34. The molecule has 0 bridgehead atoms. The Morgan fingerprint density at radius 3 is 2.73 bits per heavy atom. The standard InChI is InChI=1S/C11H19N3O/c1-2-13-11-5-4-9(8-10(11)12)14-6-3-7-15/h4-5,8,13-15H,2-3,6-7,12H2,1H3. The highest BCUT2D eigenvalue weighted by atomic mass is 16.3. The van der Waals surface area contributed by atoms with Crippen LogP contribution in [0.15, 0.2) is 18.2 Å². The molecule has 4 heteroatoms. The highest BCUT2D eigenvalue weighted by Crippen LogP contribution is 2.22. The maximum atomic E-state index is 8.64. The molecule has 0 aromatic heterocycles. The predicted octanol–water partition coefficient (Wildman–Crippen LogP) is 1.49. The second kappa shape index (κ2) is 6.14. The molecule has 1 aromatic rings. The van der Waals surface area contributed by atoms with Crippen LogP contribution in [0, 0.1) is 0 Å². The Bertz CT molecular complexity index is 302. The zero-order chi connectivity index (χ0) is 11.1. The minimum Gasteiger partial charge on any atom is -0.397 e. The number of rotatable bonds is 6. The van der Waals surface area contributed by atoms with Crippen molar-refractivity contribution in [3.63, 3.8) is 0 Å². The molecule has 0 amide bonds. The monoisotopic (exact) mass is 209 g/mol. The number of nitrogen functional groups attached to an aromatic ring is 1. The number of benzene rings is 1. The summed E-state index contributed by atoms with van der Waals surface area (Å²) in [5, 5.41) is 15.0. The Hall–Kier alpha value is -1.42. The Morgan fingerprint density at radius 1 is 1.33 bits per heavy atom. The summed E-state index contributed by atoms with van der Waals surface area (Å²) in [6.45, 7) is 3.86. The van der Waals surface area contributed by atoms with E-state index in [4.69, 9.17) is 10.8 Å². The predicted molar refractivity (Wildman–Crippen MR) is 65.2 cm³/mol. The molecule has 84 valence electrons. The molecule has 0 saturated carbocycles. The zero-order valence-electron chi connectivity index (χ0n) is 9.09. The van der Waals surface area contributed by atoms with Gasteiger partial charge < -0.3 is 21.5 Å². The molecule has 0 aliphatic heterocycles. The van der Waals surface area contributed by atoms with Gasteiger partial charge in [0.15, 0.2) is 0 Å². The third kappa shape index (κ3) is 3.67. The molecule has 0 atom stereocenters. The van der Waals surface area contributed by atoms with Crippen LogP contribution in [0.5, 0.6) is 0 Å². The van der Waals surface area contributed by atoms with Gasteiger partial charge in [-0.2, -0.15) is 0 Å². The van der Waals surface area contributed by atoms with E-state index in [0.717, 1.165) is 36.6 Å². The summed E-state index contributed by atoms with van der Waals surface area (Å²) >= 11 is 0. The molecule has 0 fully saturated rings. The summed E-state index contributed by atoms with van der Waals surface area (Å²) in [4.78, 5) is 0. The van der Waals surface area contributed by atoms with Crippen LogP contribution in [0.3, 0.4) is 0 Å². The Balaban J connectivity index is 2.56. The van der Waals surface area contributed by atoms with E-state index in [0.29, 0.717) is 0 Å². The van der Waals surface area contributed by atoms with Gasteiger partial charge in [-0.3, -0.25) is 0 Å². The van der Waals surface area contributed by atoms with Crippen molar-refractivity contribution in [2.75, 3.05) is 36.1 Å². The maximum Gasteiger partial charge on any atom is 0.0575 e. The van der Waals surface area contributed by atoms with Crippen LogP contribution in [0.25, 0.3) is 0 Å². The minimum absolute atomic E-state index is 0.206. The first kappa shape index (κ1) is 11.7. The number of anilines is 3. The molecule has 0 saturated heterocycles. The van der Waals surface area contributed by atoms with Crippen LogP contribution in [0.4, 0.5) is 17.1 Å². The average Bonchev–Trinajstić information content (AvgIpc) is 2.23. The zero-order valence-corrected chi connectivity index (χ0v) is 9.09. The van der Waals surface area contributed by atoms with E-state index in [1.165, 1.54) is 0 Å². The summed E-state index contributed by atoms with van der Waals surface area (Å²) in [7, 11) is 0. The first-order valence-corrected chi connectivity index (χ1v) is 5.26. The lowest BCUT2D eigenvalue weighted by Crippen LogP contribution is -2.05. The van der Waals surface area contributed by atoms with Gasteiger partial charge in [-0.15, -0.1) is 0 Å². The first-order chi connectivity index (χ1) is 7.27. The lowest BCUT2D eigenvalue weighted by molar-refractivity contribution is 0.292. The Kier molecular flexibility index (Phi) is 4.77. The molecular weight excluding hydrogens is 190 g/mol. The van der Waals surface area contributed by atoms with E-state index < -0.39 is 0 Å². The molecule has 0 unspecified atom stereocenters. The van der Waals surface area contributed by atoms with Crippen LogP contribution in [0.1, 0.15) is 13.3 Å². The molecule has 0 radical (unpaired) electrons. The molecule has 0 heterocycles. The lowest BCUT2D eigenvalue weighted by Gasteiger charge is -2.10. The Labute approximate surface area is 90.5 Å². The van der Waals surface area contributed by atoms with Crippen molar-refractivity contribution in [1.82, 2.24) is 0 Å². The normalized spacial score (nSPS) is 10.0. The van der Waals surface area contributed by atoms with Crippen molar-refractivity contribution in [1.29, 1.82) is 0 Å². The SMILES string of the molecule is CCNc1ccc(NCCCO)cc1N. The third-order valence-corrected chi connectivity index (χ3v) is 2.08. The molecule has 4 nitrogen and oxygen atoms in total. The fourth-order valence-electron chi connectivity index (χ4n) is 1.34. The van der Waals surface area contributed by atoms with Crippen LogP contribution >= 0.6 is 0 Å². The van der Waals surface area contributed by atoms with Crippen molar-refractivity contribution >= 4 is 17.1 Å². The molecule has 0 aliphatic rings. The van der Waals surface area contributed by atoms with Gasteiger partial charge in [0.05, 0.1) is 11.4 Å². The van der Waals surface area contributed by atoms with E-state index >= 15 is 0 Å². The van der Waals surface area contributed by atoms with Crippen molar-refractivity contribution in [2.45, 2.75) is 13.3 Å². The smallest absolute Gasteiger partial charge is 0.0575 e. The van der Waals surface area contributed by atoms with Gasteiger partial charge in [-0.05, 0) is 31.5 Å². The van der Waals surface area contributed by atoms with E-state index in [1.54, 1.807) is 0 Å². The second-order valence-electron chi connectivity index (χ2n) is 3.34. The highest BCUT2D eigenvalue weighted by Gasteiger charge is 1.98. The molecule has 1 aromatic carbocycles. The van der Waals surface area contributed by atoms with Gasteiger partial charge in [0, 0.05) is 25.4 Å². The Morgan fingerprint density at radius 2 is 2.13 bits per heavy atom. The maximum absolute atomic E-state index is 8.64. The van der Waals surface area contributed by atoms with Gasteiger partial charge in [0.1, 0.15) is 0 Å². The van der Waals surface area contributed by atoms with E-state index in [1.807, 2.05) is 25.1 Å². The van der Waals surface area contributed by atoms with Gasteiger partial charge >= 0.3 is 0 Å². The summed E-state index contributed by atoms with van der Waals surface area (Å²) in [5.74, 6) is 0. The van der Waals surface area contributed by atoms with E-state index in [-0.39, 0.29) is 6.61 Å². The van der Waals surface area contributed by atoms with Gasteiger partial charge in [0.25, 0.3) is 0 Å². The molecular formula is C11H19N3O.